The highest BCUT2D eigenvalue weighted by atomic mass is 16.3. The fourth-order valence-corrected chi connectivity index (χ4v) is 2.05. The summed E-state index contributed by atoms with van der Waals surface area (Å²) in [6.07, 6.45) is 0.971. The maximum absolute atomic E-state index is 9.72. The molecule has 0 amide bonds. The van der Waals surface area contributed by atoms with E-state index in [4.69, 9.17) is 0 Å². The van der Waals surface area contributed by atoms with Crippen molar-refractivity contribution in [1.82, 2.24) is 4.90 Å². The first-order valence-electron chi connectivity index (χ1n) is 6.10. The van der Waals surface area contributed by atoms with Crippen molar-refractivity contribution in [2.24, 2.45) is 0 Å². The van der Waals surface area contributed by atoms with Crippen molar-refractivity contribution in [2.45, 2.75) is 13.3 Å². The van der Waals surface area contributed by atoms with E-state index in [1.807, 2.05) is 30.3 Å². The molecule has 0 heterocycles. The number of fused-ring (bicyclic) bond motifs is 1. The number of hydrogen-bond acceptors (Lipinski definition) is 2. The number of rotatable bonds is 4. The molecule has 2 aromatic rings. The number of phenols is 1. The summed E-state index contributed by atoms with van der Waals surface area (Å²) in [6.45, 7) is 4.22. The SMILES string of the molecule is CCN(C)CCc1cc(O)cc2ccccc12. The van der Waals surface area contributed by atoms with Gasteiger partial charge in [0.25, 0.3) is 0 Å². The van der Waals surface area contributed by atoms with Gasteiger partial charge in [0, 0.05) is 6.54 Å². The molecule has 17 heavy (non-hydrogen) atoms. The molecule has 0 aromatic heterocycles. The van der Waals surface area contributed by atoms with Crippen LogP contribution in [-0.2, 0) is 6.42 Å². The third-order valence-corrected chi connectivity index (χ3v) is 3.23. The zero-order chi connectivity index (χ0) is 12.3. The molecule has 0 spiro atoms. The van der Waals surface area contributed by atoms with Gasteiger partial charge < -0.3 is 10.0 Å². The molecule has 0 unspecified atom stereocenters. The van der Waals surface area contributed by atoms with Crippen LogP contribution in [0.1, 0.15) is 12.5 Å². The average molecular weight is 229 g/mol. The predicted molar refractivity (Wildman–Crippen MR) is 72.5 cm³/mol. The number of likely N-dealkylation sites (N-methyl/N-ethyl adjacent to an activating group) is 1. The first-order valence-corrected chi connectivity index (χ1v) is 6.10. The van der Waals surface area contributed by atoms with E-state index < -0.39 is 0 Å². The van der Waals surface area contributed by atoms with Gasteiger partial charge in [-0.1, -0.05) is 31.2 Å². The Morgan fingerprint density at radius 1 is 1.18 bits per heavy atom. The molecule has 90 valence electrons. The summed E-state index contributed by atoms with van der Waals surface area (Å²) in [6, 6.07) is 11.9. The molecule has 1 N–H and O–H groups in total. The maximum atomic E-state index is 9.72. The van der Waals surface area contributed by atoms with Gasteiger partial charge in [-0.05, 0) is 48.5 Å². The third-order valence-electron chi connectivity index (χ3n) is 3.23. The number of aromatic hydroxyl groups is 1. The first kappa shape index (κ1) is 11.9. The molecule has 0 aliphatic heterocycles. The molecule has 0 radical (unpaired) electrons. The highest BCUT2D eigenvalue weighted by molar-refractivity contribution is 5.87. The zero-order valence-corrected chi connectivity index (χ0v) is 10.5. The van der Waals surface area contributed by atoms with Crippen LogP contribution < -0.4 is 0 Å². The smallest absolute Gasteiger partial charge is 0.116 e. The predicted octanol–water partition coefficient (Wildman–Crippen LogP) is 3.04. The normalized spacial score (nSPS) is 11.2. The molecule has 0 bridgehead atoms. The van der Waals surface area contributed by atoms with Crippen molar-refractivity contribution in [3.05, 3.63) is 42.0 Å². The summed E-state index contributed by atoms with van der Waals surface area (Å²) in [5.74, 6) is 0.359. The Hall–Kier alpha value is -1.54. The van der Waals surface area contributed by atoms with Gasteiger partial charge in [-0.15, -0.1) is 0 Å². The lowest BCUT2D eigenvalue weighted by Crippen LogP contribution is -2.20. The van der Waals surface area contributed by atoms with E-state index in [9.17, 15) is 5.11 Å². The Kier molecular flexibility index (Phi) is 3.64. The van der Waals surface area contributed by atoms with Crippen LogP contribution in [0.2, 0.25) is 0 Å². The van der Waals surface area contributed by atoms with E-state index in [0.717, 1.165) is 24.9 Å². The van der Waals surface area contributed by atoms with Crippen molar-refractivity contribution in [1.29, 1.82) is 0 Å². The van der Waals surface area contributed by atoms with Crippen LogP contribution in [-0.4, -0.2) is 30.1 Å². The highest BCUT2D eigenvalue weighted by Crippen LogP contribution is 2.24. The second-order valence-corrected chi connectivity index (χ2v) is 4.47. The minimum atomic E-state index is 0.359. The summed E-state index contributed by atoms with van der Waals surface area (Å²) in [4.78, 5) is 2.28. The van der Waals surface area contributed by atoms with Crippen molar-refractivity contribution in [3.8, 4) is 5.75 Å². The molecule has 0 aliphatic rings. The van der Waals surface area contributed by atoms with Crippen LogP contribution >= 0.6 is 0 Å². The fraction of sp³-hybridized carbons (Fsp3) is 0.333. The Balaban J connectivity index is 2.32. The largest absolute Gasteiger partial charge is 0.508 e. The maximum Gasteiger partial charge on any atom is 0.116 e. The van der Waals surface area contributed by atoms with Crippen LogP contribution in [0.3, 0.4) is 0 Å². The highest BCUT2D eigenvalue weighted by Gasteiger charge is 2.04. The molecule has 2 aromatic carbocycles. The van der Waals surface area contributed by atoms with E-state index in [1.54, 1.807) is 0 Å². The van der Waals surface area contributed by atoms with Gasteiger partial charge in [0.1, 0.15) is 5.75 Å². The number of hydrogen-bond donors (Lipinski definition) is 1. The van der Waals surface area contributed by atoms with Gasteiger partial charge in [-0.25, -0.2) is 0 Å². The standard InChI is InChI=1S/C15H19NO/c1-3-16(2)9-8-13-11-14(17)10-12-6-4-5-7-15(12)13/h4-7,10-11,17H,3,8-9H2,1-2H3. The van der Waals surface area contributed by atoms with Gasteiger partial charge in [-0.3, -0.25) is 0 Å². The molecule has 0 saturated heterocycles. The van der Waals surface area contributed by atoms with Gasteiger partial charge in [0.2, 0.25) is 0 Å². The second-order valence-electron chi connectivity index (χ2n) is 4.47. The Labute approximate surface area is 102 Å². The van der Waals surface area contributed by atoms with Gasteiger partial charge in [0.15, 0.2) is 0 Å². The summed E-state index contributed by atoms with van der Waals surface area (Å²) >= 11 is 0. The Morgan fingerprint density at radius 3 is 2.71 bits per heavy atom. The Morgan fingerprint density at radius 2 is 1.94 bits per heavy atom. The van der Waals surface area contributed by atoms with Crippen LogP contribution in [0.15, 0.2) is 36.4 Å². The lowest BCUT2D eigenvalue weighted by molar-refractivity contribution is 0.357. The lowest BCUT2D eigenvalue weighted by Gasteiger charge is -2.14. The van der Waals surface area contributed by atoms with E-state index in [-0.39, 0.29) is 0 Å². The van der Waals surface area contributed by atoms with Gasteiger partial charge in [-0.2, -0.15) is 0 Å². The average Bonchev–Trinajstić information content (AvgIpc) is 2.35. The van der Waals surface area contributed by atoms with E-state index in [0.29, 0.717) is 5.75 Å². The lowest BCUT2D eigenvalue weighted by atomic mass is 10.0. The number of benzene rings is 2. The topological polar surface area (TPSA) is 23.5 Å². The third kappa shape index (κ3) is 2.77. The van der Waals surface area contributed by atoms with Gasteiger partial charge in [0.05, 0.1) is 0 Å². The molecule has 2 nitrogen and oxygen atoms in total. The van der Waals surface area contributed by atoms with E-state index in [2.05, 4.69) is 24.9 Å². The quantitative estimate of drug-likeness (QED) is 0.871. The fourth-order valence-electron chi connectivity index (χ4n) is 2.05. The molecular weight excluding hydrogens is 210 g/mol. The van der Waals surface area contributed by atoms with Gasteiger partial charge >= 0.3 is 0 Å². The minimum Gasteiger partial charge on any atom is -0.508 e. The second kappa shape index (κ2) is 5.19. The molecule has 0 fully saturated rings. The van der Waals surface area contributed by atoms with Crippen LogP contribution in [0.4, 0.5) is 0 Å². The van der Waals surface area contributed by atoms with Crippen LogP contribution in [0.5, 0.6) is 5.75 Å². The monoisotopic (exact) mass is 229 g/mol. The minimum absolute atomic E-state index is 0.359. The molecule has 2 heteroatoms. The first-order chi connectivity index (χ1) is 8.20. The summed E-state index contributed by atoms with van der Waals surface area (Å²) in [7, 11) is 2.12. The van der Waals surface area contributed by atoms with Crippen molar-refractivity contribution in [3.63, 3.8) is 0 Å². The van der Waals surface area contributed by atoms with Crippen molar-refractivity contribution < 1.29 is 5.11 Å². The molecule has 0 saturated carbocycles. The van der Waals surface area contributed by atoms with Crippen LogP contribution in [0, 0.1) is 0 Å². The van der Waals surface area contributed by atoms with E-state index >= 15 is 0 Å². The molecule has 2 rings (SSSR count). The van der Waals surface area contributed by atoms with Crippen LogP contribution in [0.25, 0.3) is 10.8 Å². The molecule has 0 aliphatic carbocycles. The zero-order valence-electron chi connectivity index (χ0n) is 10.5. The van der Waals surface area contributed by atoms with Crippen molar-refractivity contribution >= 4 is 10.8 Å². The van der Waals surface area contributed by atoms with E-state index in [1.165, 1.54) is 10.9 Å². The summed E-state index contributed by atoms with van der Waals surface area (Å²) < 4.78 is 0. The summed E-state index contributed by atoms with van der Waals surface area (Å²) in [5.41, 5.74) is 1.22. The molecule has 0 atom stereocenters. The Bertz CT molecular complexity index is 507. The molecular formula is C15H19NO. The summed E-state index contributed by atoms with van der Waals surface area (Å²) in [5, 5.41) is 12.1. The number of phenolic OH excluding ortho intramolecular Hbond substituents is 1. The van der Waals surface area contributed by atoms with Crippen molar-refractivity contribution in [2.75, 3.05) is 20.1 Å². The number of nitrogens with zero attached hydrogens (tertiary/aromatic N) is 1.